The van der Waals surface area contributed by atoms with Crippen LogP contribution in [0.5, 0.6) is 0 Å². The number of nitrogens with zero attached hydrogens (tertiary/aromatic N) is 2. The van der Waals surface area contributed by atoms with Crippen LogP contribution in [0.2, 0.25) is 0 Å². The van der Waals surface area contributed by atoms with Crippen molar-refractivity contribution in [3.05, 3.63) is 11.4 Å². The molecule has 0 amide bonds. The van der Waals surface area contributed by atoms with Crippen LogP contribution >= 0.6 is 0 Å². The number of rotatable bonds is 3. The third-order valence-corrected chi connectivity index (χ3v) is 3.75. The standard InChI is InChI=1S/C11H18N2O3S/c1-8(2)7-13-10-6-4-3-5-9(10)12-11(13)17(14,15)16/h8H,3-7H2,1-2H3,(H,14,15,16). The first-order valence-corrected chi connectivity index (χ1v) is 7.39. The second-order valence-electron chi connectivity index (χ2n) is 4.97. The van der Waals surface area contributed by atoms with Gasteiger partial charge in [-0.25, -0.2) is 4.98 Å². The van der Waals surface area contributed by atoms with Crippen molar-refractivity contribution in [2.75, 3.05) is 0 Å². The van der Waals surface area contributed by atoms with Crippen molar-refractivity contribution in [2.45, 2.75) is 51.2 Å². The molecule has 5 nitrogen and oxygen atoms in total. The smallest absolute Gasteiger partial charge is 0.316 e. The number of hydrogen-bond donors (Lipinski definition) is 1. The molecule has 1 aromatic heterocycles. The fourth-order valence-corrected chi connectivity index (χ4v) is 3.02. The van der Waals surface area contributed by atoms with Gasteiger partial charge in [0.15, 0.2) is 0 Å². The van der Waals surface area contributed by atoms with E-state index in [1.807, 2.05) is 13.8 Å². The molecule has 0 saturated carbocycles. The molecular weight excluding hydrogens is 240 g/mol. The highest BCUT2D eigenvalue weighted by Crippen LogP contribution is 2.25. The van der Waals surface area contributed by atoms with Crippen molar-refractivity contribution in [1.29, 1.82) is 0 Å². The first kappa shape index (κ1) is 12.6. The highest BCUT2D eigenvalue weighted by molar-refractivity contribution is 7.85. The Morgan fingerprint density at radius 3 is 2.59 bits per heavy atom. The van der Waals surface area contributed by atoms with Gasteiger partial charge in [0.05, 0.1) is 5.69 Å². The maximum absolute atomic E-state index is 11.3. The zero-order chi connectivity index (χ0) is 12.6. The minimum atomic E-state index is -4.22. The second-order valence-corrected chi connectivity index (χ2v) is 6.29. The van der Waals surface area contributed by atoms with Crippen molar-refractivity contribution in [1.82, 2.24) is 9.55 Å². The van der Waals surface area contributed by atoms with Gasteiger partial charge in [0.1, 0.15) is 0 Å². The molecule has 1 heterocycles. The van der Waals surface area contributed by atoms with Crippen molar-refractivity contribution in [2.24, 2.45) is 5.92 Å². The van der Waals surface area contributed by atoms with Crippen LogP contribution in [-0.2, 0) is 29.5 Å². The average Bonchev–Trinajstić information content (AvgIpc) is 2.56. The van der Waals surface area contributed by atoms with Gasteiger partial charge in [-0.05, 0) is 31.6 Å². The summed E-state index contributed by atoms with van der Waals surface area (Å²) >= 11 is 0. The second kappa shape index (κ2) is 4.42. The lowest BCUT2D eigenvalue weighted by atomic mass is 10.0. The number of imidazole rings is 1. The molecule has 0 bridgehead atoms. The van der Waals surface area contributed by atoms with Gasteiger partial charge >= 0.3 is 10.1 Å². The summed E-state index contributed by atoms with van der Waals surface area (Å²) in [5, 5.41) is -0.182. The molecule has 1 aliphatic rings. The van der Waals surface area contributed by atoms with Gasteiger partial charge in [-0.3, -0.25) is 4.55 Å². The fraction of sp³-hybridized carbons (Fsp3) is 0.727. The molecule has 0 aromatic carbocycles. The summed E-state index contributed by atoms with van der Waals surface area (Å²) in [7, 11) is -4.22. The van der Waals surface area contributed by atoms with Gasteiger partial charge in [0.2, 0.25) is 0 Å². The monoisotopic (exact) mass is 258 g/mol. The lowest BCUT2D eigenvalue weighted by molar-refractivity contribution is 0.434. The Balaban J connectivity index is 2.54. The quantitative estimate of drug-likeness (QED) is 0.837. The largest absolute Gasteiger partial charge is 0.328 e. The fourth-order valence-electron chi connectivity index (χ4n) is 2.33. The van der Waals surface area contributed by atoms with E-state index in [2.05, 4.69) is 4.98 Å². The van der Waals surface area contributed by atoms with Crippen molar-refractivity contribution < 1.29 is 13.0 Å². The van der Waals surface area contributed by atoms with Gasteiger partial charge in [0.25, 0.3) is 5.16 Å². The minimum absolute atomic E-state index is 0.182. The van der Waals surface area contributed by atoms with E-state index in [0.717, 1.165) is 37.1 Å². The first-order valence-electron chi connectivity index (χ1n) is 5.95. The van der Waals surface area contributed by atoms with Gasteiger partial charge < -0.3 is 4.57 Å². The molecule has 0 spiro atoms. The van der Waals surface area contributed by atoms with E-state index in [0.29, 0.717) is 12.5 Å². The van der Waals surface area contributed by atoms with Gasteiger partial charge in [-0.2, -0.15) is 8.42 Å². The Kier molecular flexibility index (Phi) is 3.27. The van der Waals surface area contributed by atoms with Crippen LogP contribution in [0, 0.1) is 5.92 Å². The molecule has 0 aliphatic heterocycles. The number of aromatic nitrogens is 2. The summed E-state index contributed by atoms with van der Waals surface area (Å²) in [6.45, 7) is 4.61. The average molecular weight is 258 g/mol. The molecule has 0 atom stereocenters. The third kappa shape index (κ3) is 2.52. The van der Waals surface area contributed by atoms with Gasteiger partial charge in [0, 0.05) is 12.2 Å². The topological polar surface area (TPSA) is 72.2 Å². The van der Waals surface area contributed by atoms with Crippen LogP contribution in [0.4, 0.5) is 0 Å². The summed E-state index contributed by atoms with van der Waals surface area (Å²) < 4.78 is 33.5. The summed E-state index contributed by atoms with van der Waals surface area (Å²) in [4.78, 5) is 4.10. The zero-order valence-corrected chi connectivity index (χ0v) is 11.0. The predicted molar refractivity (Wildman–Crippen MR) is 63.5 cm³/mol. The Bertz CT molecular complexity index is 517. The van der Waals surface area contributed by atoms with E-state index in [1.54, 1.807) is 4.57 Å². The molecule has 2 rings (SSSR count). The first-order chi connectivity index (χ1) is 7.89. The van der Waals surface area contributed by atoms with Gasteiger partial charge in [-0.1, -0.05) is 13.8 Å². The van der Waals surface area contributed by atoms with Crippen LogP contribution < -0.4 is 0 Å². The van der Waals surface area contributed by atoms with Crippen molar-refractivity contribution >= 4 is 10.1 Å². The molecule has 0 radical (unpaired) electrons. The molecule has 0 saturated heterocycles. The number of fused-ring (bicyclic) bond motifs is 1. The number of hydrogen-bond acceptors (Lipinski definition) is 3. The van der Waals surface area contributed by atoms with Gasteiger partial charge in [-0.15, -0.1) is 0 Å². The van der Waals surface area contributed by atoms with E-state index in [4.69, 9.17) is 0 Å². The van der Waals surface area contributed by atoms with E-state index in [1.165, 1.54) is 0 Å². The molecule has 1 aromatic rings. The highest BCUT2D eigenvalue weighted by atomic mass is 32.2. The van der Waals surface area contributed by atoms with E-state index < -0.39 is 10.1 Å². The van der Waals surface area contributed by atoms with E-state index >= 15 is 0 Å². The molecular formula is C11H18N2O3S. The Morgan fingerprint density at radius 2 is 2.00 bits per heavy atom. The molecule has 1 aliphatic carbocycles. The summed E-state index contributed by atoms with van der Waals surface area (Å²) in [5.41, 5.74) is 1.82. The molecule has 96 valence electrons. The lowest BCUT2D eigenvalue weighted by Crippen LogP contribution is -2.16. The minimum Gasteiger partial charge on any atom is -0.316 e. The Hall–Kier alpha value is -0.880. The maximum Gasteiger partial charge on any atom is 0.328 e. The number of aryl methyl sites for hydroxylation is 1. The Morgan fingerprint density at radius 1 is 1.35 bits per heavy atom. The van der Waals surface area contributed by atoms with E-state index in [-0.39, 0.29) is 5.16 Å². The maximum atomic E-state index is 11.3. The normalized spacial score (nSPS) is 16.2. The summed E-state index contributed by atoms with van der Waals surface area (Å²) in [5.74, 6) is 0.315. The molecule has 0 unspecified atom stereocenters. The lowest BCUT2D eigenvalue weighted by Gasteiger charge is -2.16. The van der Waals surface area contributed by atoms with Crippen LogP contribution in [0.15, 0.2) is 5.16 Å². The molecule has 0 fully saturated rings. The van der Waals surface area contributed by atoms with E-state index in [9.17, 15) is 13.0 Å². The van der Waals surface area contributed by atoms with Crippen molar-refractivity contribution in [3.8, 4) is 0 Å². The van der Waals surface area contributed by atoms with Crippen LogP contribution in [0.25, 0.3) is 0 Å². The SMILES string of the molecule is CC(C)Cn1c(S(=O)(=O)O)nc2c1CCCC2. The third-order valence-electron chi connectivity index (χ3n) is 2.98. The zero-order valence-electron chi connectivity index (χ0n) is 10.2. The highest BCUT2D eigenvalue weighted by Gasteiger charge is 2.26. The summed E-state index contributed by atoms with van der Waals surface area (Å²) in [6, 6.07) is 0. The predicted octanol–water partition coefficient (Wildman–Crippen LogP) is 1.66. The van der Waals surface area contributed by atoms with Crippen molar-refractivity contribution in [3.63, 3.8) is 0 Å². The molecule has 6 heteroatoms. The van der Waals surface area contributed by atoms with Crippen LogP contribution in [0.3, 0.4) is 0 Å². The van der Waals surface area contributed by atoms with Crippen LogP contribution in [0.1, 0.15) is 38.1 Å². The molecule has 1 N–H and O–H groups in total. The Labute approximate surface area is 102 Å². The summed E-state index contributed by atoms with van der Waals surface area (Å²) in [6.07, 6.45) is 3.76. The van der Waals surface area contributed by atoms with Crippen LogP contribution in [-0.4, -0.2) is 22.5 Å². The molecule has 17 heavy (non-hydrogen) atoms.